The van der Waals surface area contributed by atoms with Crippen LogP contribution in [0.3, 0.4) is 0 Å². The van der Waals surface area contributed by atoms with Crippen molar-refractivity contribution in [1.82, 2.24) is 10.2 Å². The number of nitrogens with zero attached hydrogens (tertiary/aromatic N) is 1. The molecule has 0 radical (unpaired) electrons. The van der Waals surface area contributed by atoms with E-state index >= 15 is 0 Å². The van der Waals surface area contributed by atoms with E-state index in [0.29, 0.717) is 25.9 Å². The Hall–Kier alpha value is -1.30. The quantitative estimate of drug-likeness (QED) is 0.663. The molecule has 1 unspecified atom stereocenters. The fourth-order valence-electron chi connectivity index (χ4n) is 3.35. The highest BCUT2D eigenvalue weighted by Crippen LogP contribution is 2.43. The Morgan fingerprint density at radius 1 is 1.32 bits per heavy atom. The summed E-state index contributed by atoms with van der Waals surface area (Å²) in [5.41, 5.74) is -0.364. The van der Waals surface area contributed by atoms with E-state index in [4.69, 9.17) is 5.11 Å². The Morgan fingerprint density at radius 2 is 2.00 bits per heavy atom. The number of aliphatic hydroxyl groups is 1. The van der Waals surface area contributed by atoms with Crippen LogP contribution in [-0.4, -0.2) is 51.8 Å². The lowest BCUT2D eigenvalue weighted by Gasteiger charge is -2.37. The molecule has 0 aromatic rings. The second-order valence-electron chi connectivity index (χ2n) is 5.50. The Bertz CT molecular complexity index is 353. The lowest BCUT2D eigenvalue weighted by Crippen LogP contribution is -2.54. The predicted molar refractivity (Wildman–Crippen MR) is 68.8 cm³/mol. The standard InChI is InChI=1S/C13H22N2O4/c16-10-5-9-15(13(10)6-1-2-7-13)12(19)14-8-3-4-11(17)18/h10,16H,1-9H2,(H,14,19)(H,17,18). The minimum atomic E-state index is -0.849. The van der Waals surface area contributed by atoms with E-state index in [2.05, 4.69) is 5.32 Å². The van der Waals surface area contributed by atoms with Gasteiger partial charge in [-0.05, 0) is 25.7 Å². The number of carboxylic acids is 1. The first kappa shape index (κ1) is 14.1. The van der Waals surface area contributed by atoms with Gasteiger partial charge in [-0.3, -0.25) is 4.79 Å². The maximum Gasteiger partial charge on any atom is 0.317 e. The number of hydrogen-bond donors (Lipinski definition) is 3. The van der Waals surface area contributed by atoms with Gasteiger partial charge in [0, 0.05) is 19.5 Å². The number of aliphatic carboxylic acids is 1. The summed E-state index contributed by atoms with van der Waals surface area (Å²) in [5, 5.41) is 21.4. The fraction of sp³-hybridized carbons (Fsp3) is 0.846. The summed E-state index contributed by atoms with van der Waals surface area (Å²) in [6.07, 6.45) is 4.58. The van der Waals surface area contributed by atoms with Gasteiger partial charge in [-0.25, -0.2) is 4.79 Å². The summed E-state index contributed by atoms with van der Waals surface area (Å²) in [6, 6.07) is -0.163. The van der Waals surface area contributed by atoms with Gasteiger partial charge in [0.15, 0.2) is 0 Å². The molecular weight excluding hydrogens is 248 g/mol. The van der Waals surface area contributed by atoms with E-state index in [9.17, 15) is 14.7 Å². The zero-order chi connectivity index (χ0) is 13.9. The van der Waals surface area contributed by atoms with E-state index < -0.39 is 12.1 Å². The minimum Gasteiger partial charge on any atom is -0.481 e. The van der Waals surface area contributed by atoms with E-state index in [1.165, 1.54) is 0 Å². The first-order valence-electron chi connectivity index (χ1n) is 7.01. The molecule has 1 saturated heterocycles. The number of aliphatic hydroxyl groups excluding tert-OH is 1. The summed E-state index contributed by atoms with van der Waals surface area (Å²) in [6.45, 7) is 0.958. The van der Waals surface area contributed by atoms with Crippen molar-refractivity contribution in [2.75, 3.05) is 13.1 Å². The number of carbonyl (C=O) groups is 2. The number of urea groups is 1. The van der Waals surface area contributed by atoms with Gasteiger partial charge in [0.25, 0.3) is 0 Å². The van der Waals surface area contributed by atoms with Crippen LogP contribution in [0, 0.1) is 0 Å². The number of rotatable bonds is 4. The van der Waals surface area contributed by atoms with Gasteiger partial charge in [-0.1, -0.05) is 12.8 Å². The van der Waals surface area contributed by atoms with E-state index in [1.54, 1.807) is 4.90 Å². The van der Waals surface area contributed by atoms with Gasteiger partial charge in [-0.2, -0.15) is 0 Å². The first-order valence-corrected chi connectivity index (χ1v) is 7.01. The summed E-state index contributed by atoms with van der Waals surface area (Å²) in [5.74, 6) is -0.849. The molecule has 1 heterocycles. The molecule has 1 saturated carbocycles. The molecule has 1 atom stereocenters. The molecule has 2 aliphatic rings. The molecule has 2 rings (SSSR count). The Balaban J connectivity index is 1.86. The Labute approximate surface area is 112 Å². The Kier molecular flexibility index (Phi) is 4.29. The van der Waals surface area contributed by atoms with E-state index in [0.717, 1.165) is 25.7 Å². The average Bonchev–Trinajstić information content (AvgIpc) is 2.96. The van der Waals surface area contributed by atoms with Crippen LogP contribution in [0.1, 0.15) is 44.9 Å². The lowest BCUT2D eigenvalue weighted by atomic mass is 9.91. The second kappa shape index (κ2) is 5.77. The third-order valence-corrected chi connectivity index (χ3v) is 4.34. The van der Waals surface area contributed by atoms with Crippen LogP contribution < -0.4 is 5.32 Å². The van der Waals surface area contributed by atoms with Crippen LogP contribution in [-0.2, 0) is 4.79 Å². The third kappa shape index (κ3) is 2.83. The molecule has 19 heavy (non-hydrogen) atoms. The van der Waals surface area contributed by atoms with Gasteiger partial charge in [0.05, 0.1) is 11.6 Å². The summed E-state index contributed by atoms with van der Waals surface area (Å²) < 4.78 is 0. The van der Waals surface area contributed by atoms with Gasteiger partial charge in [-0.15, -0.1) is 0 Å². The zero-order valence-corrected chi connectivity index (χ0v) is 11.1. The van der Waals surface area contributed by atoms with Gasteiger partial charge in [0.2, 0.25) is 0 Å². The summed E-state index contributed by atoms with van der Waals surface area (Å²) in [4.78, 5) is 24.3. The highest BCUT2D eigenvalue weighted by atomic mass is 16.4. The van der Waals surface area contributed by atoms with Crippen LogP contribution in [0.2, 0.25) is 0 Å². The molecule has 3 N–H and O–H groups in total. The molecular formula is C13H22N2O4. The van der Waals surface area contributed by atoms with Crippen molar-refractivity contribution in [3.63, 3.8) is 0 Å². The van der Waals surface area contributed by atoms with E-state index in [1.807, 2.05) is 0 Å². The highest BCUT2D eigenvalue weighted by molar-refractivity contribution is 5.76. The number of carboxylic acid groups (broad SMARTS) is 1. The molecule has 1 spiro atoms. The van der Waals surface area contributed by atoms with Crippen molar-refractivity contribution in [3.8, 4) is 0 Å². The number of amides is 2. The van der Waals surface area contributed by atoms with Crippen LogP contribution in [0.15, 0.2) is 0 Å². The number of nitrogens with one attached hydrogen (secondary N) is 1. The molecule has 0 bridgehead atoms. The third-order valence-electron chi connectivity index (χ3n) is 4.34. The fourth-order valence-corrected chi connectivity index (χ4v) is 3.35. The zero-order valence-electron chi connectivity index (χ0n) is 11.1. The summed E-state index contributed by atoms with van der Waals surface area (Å²) in [7, 11) is 0. The topological polar surface area (TPSA) is 89.9 Å². The molecule has 1 aliphatic carbocycles. The SMILES string of the molecule is O=C(O)CCCNC(=O)N1CCC(O)C12CCCC2. The van der Waals surface area contributed by atoms with Crippen molar-refractivity contribution in [2.45, 2.75) is 56.6 Å². The second-order valence-corrected chi connectivity index (χ2v) is 5.50. The molecule has 6 nitrogen and oxygen atoms in total. The molecule has 6 heteroatoms. The van der Waals surface area contributed by atoms with Crippen molar-refractivity contribution in [2.24, 2.45) is 0 Å². The predicted octanol–water partition coefficient (Wildman–Crippen LogP) is 0.940. The van der Waals surface area contributed by atoms with Gasteiger partial charge >= 0.3 is 12.0 Å². The monoisotopic (exact) mass is 270 g/mol. The van der Waals surface area contributed by atoms with Crippen molar-refractivity contribution < 1.29 is 19.8 Å². The first-order chi connectivity index (χ1) is 9.06. The molecule has 2 fully saturated rings. The maximum atomic E-state index is 12.2. The number of carbonyl (C=O) groups excluding carboxylic acids is 1. The van der Waals surface area contributed by atoms with Crippen molar-refractivity contribution in [3.05, 3.63) is 0 Å². The number of likely N-dealkylation sites (tertiary alicyclic amines) is 1. The normalized spacial score (nSPS) is 24.9. The molecule has 108 valence electrons. The van der Waals surface area contributed by atoms with Crippen molar-refractivity contribution in [1.29, 1.82) is 0 Å². The largest absolute Gasteiger partial charge is 0.481 e. The van der Waals surface area contributed by atoms with Crippen LogP contribution in [0.25, 0.3) is 0 Å². The molecule has 2 amide bonds. The summed E-state index contributed by atoms with van der Waals surface area (Å²) >= 11 is 0. The lowest BCUT2D eigenvalue weighted by molar-refractivity contribution is -0.137. The maximum absolute atomic E-state index is 12.2. The van der Waals surface area contributed by atoms with Crippen LogP contribution >= 0.6 is 0 Å². The number of hydrogen-bond acceptors (Lipinski definition) is 3. The van der Waals surface area contributed by atoms with Crippen LogP contribution in [0.4, 0.5) is 4.79 Å². The minimum absolute atomic E-state index is 0.0635. The van der Waals surface area contributed by atoms with E-state index in [-0.39, 0.29) is 18.0 Å². The average molecular weight is 270 g/mol. The van der Waals surface area contributed by atoms with Crippen LogP contribution in [0.5, 0.6) is 0 Å². The van der Waals surface area contributed by atoms with Crippen molar-refractivity contribution >= 4 is 12.0 Å². The van der Waals surface area contributed by atoms with Gasteiger partial charge < -0.3 is 20.4 Å². The molecule has 1 aliphatic heterocycles. The molecule has 0 aromatic heterocycles. The van der Waals surface area contributed by atoms with Gasteiger partial charge in [0.1, 0.15) is 0 Å². The molecule has 0 aromatic carbocycles. The smallest absolute Gasteiger partial charge is 0.317 e. The highest BCUT2D eigenvalue weighted by Gasteiger charge is 2.51. The Morgan fingerprint density at radius 3 is 2.63 bits per heavy atom.